The maximum Gasteiger partial charge on any atom is 0.100 e. The summed E-state index contributed by atoms with van der Waals surface area (Å²) in [6, 6.07) is 0. The molecule has 1 rings (SSSR count). The van der Waals surface area contributed by atoms with E-state index in [1.54, 1.807) is 0 Å². The number of hydrogen-bond acceptors (Lipinski definition) is 4. The molecule has 0 amide bonds. The summed E-state index contributed by atoms with van der Waals surface area (Å²) in [4.78, 5) is 12.2. The molecular weight excluding hydrogens is 233 g/mol. The van der Waals surface area contributed by atoms with Crippen LogP contribution in [-0.4, -0.2) is 55.2 Å². The van der Waals surface area contributed by atoms with E-state index in [2.05, 4.69) is 29.2 Å². The summed E-state index contributed by atoms with van der Waals surface area (Å²) in [5, 5.41) is 6.49. The van der Waals surface area contributed by atoms with Crippen molar-refractivity contribution in [3.63, 3.8) is 0 Å². The highest BCUT2D eigenvalue weighted by atomic mass is 31.2. The fourth-order valence-corrected chi connectivity index (χ4v) is 2.90. The van der Waals surface area contributed by atoms with E-state index in [4.69, 9.17) is 0 Å². The van der Waals surface area contributed by atoms with Gasteiger partial charge in [-0.25, -0.2) is 0 Å². The van der Waals surface area contributed by atoms with Crippen molar-refractivity contribution in [3.05, 3.63) is 0 Å². The molecular formula is C12H28N3OP. The minimum absolute atomic E-state index is 0.353. The van der Waals surface area contributed by atoms with E-state index >= 15 is 0 Å². The van der Waals surface area contributed by atoms with Gasteiger partial charge in [-0.2, -0.15) is 0 Å². The standard InChI is InChI=1S/C12H28N3OP/c1-11(2)17(16)14-6-9-15-7-4-12(5-8-15)10-13-3/h11-14,16H,4-10H2,1-3H3. The van der Waals surface area contributed by atoms with Gasteiger partial charge in [0.1, 0.15) is 8.30 Å². The highest BCUT2D eigenvalue weighted by Crippen LogP contribution is 2.30. The summed E-state index contributed by atoms with van der Waals surface area (Å²) in [5.41, 5.74) is 0.353. The first-order valence-electron chi connectivity index (χ1n) is 6.72. The molecule has 1 aliphatic heterocycles. The summed E-state index contributed by atoms with van der Waals surface area (Å²) < 4.78 is 0. The minimum Gasteiger partial charge on any atom is -0.359 e. The third-order valence-corrected chi connectivity index (χ3v) is 4.92. The van der Waals surface area contributed by atoms with Crippen molar-refractivity contribution in [1.82, 2.24) is 15.3 Å². The van der Waals surface area contributed by atoms with Crippen molar-refractivity contribution in [2.24, 2.45) is 5.92 Å². The summed E-state index contributed by atoms with van der Waals surface area (Å²) in [7, 11) is 1.07. The minimum atomic E-state index is -0.968. The molecule has 1 unspecified atom stereocenters. The number of nitrogens with zero attached hydrogens (tertiary/aromatic N) is 1. The van der Waals surface area contributed by atoms with Crippen molar-refractivity contribution >= 4 is 8.30 Å². The number of likely N-dealkylation sites (tertiary alicyclic amines) is 1. The number of hydrogen-bond donors (Lipinski definition) is 3. The van der Waals surface area contributed by atoms with Crippen LogP contribution in [0.2, 0.25) is 0 Å². The van der Waals surface area contributed by atoms with E-state index < -0.39 is 8.30 Å². The zero-order valence-electron chi connectivity index (χ0n) is 11.4. The van der Waals surface area contributed by atoms with Gasteiger partial charge in [0.2, 0.25) is 0 Å². The van der Waals surface area contributed by atoms with Gasteiger partial charge in [0.15, 0.2) is 0 Å². The van der Waals surface area contributed by atoms with E-state index in [1.807, 2.05) is 7.05 Å². The van der Waals surface area contributed by atoms with Crippen molar-refractivity contribution in [2.45, 2.75) is 32.3 Å². The van der Waals surface area contributed by atoms with Crippen LogP contribution in [0.15, 0.2) is 0 Å². The number of nitrogens with one attached hydrogen (secondary N) is 2. The third kappa shape index (κ3) is 6.12. The van der Waals surface area contributed by atoms with Gasteiger partial charge >= 0.3 is 0 Å². The molecule has 0 aromatic heterocycles. The highest BCUT2D eigenvalue weighted by molar-refractivity contribution is 7.50. The molecule has 0 aliphatic carbocycles. The normalized spacial score (nSPS) is 21.0. The van der Waals surface area contributed by atoms with Crippen molar-refractivity contribution in [2.75, 3.05) is 39.8 Å². The van der Waals surface area contributed by atoms with Gasteiger partial charge in [-0.3, -0.25) is 5.09 Å². The average molecular weight is 261 g/mol. The van der Waals surface area contributed by atoms with Gasteiger partial charge < -0.3 is 15.1 Å². The lowest BCUT2D eigenvalue weighted by Gasteiger charge is -2.32. The Morgan fingerprint density at radius 2 is 2.00 bits per heavy atom. The highest BCUT2D eigenvalue weighted by Gasteiger charge is 2.18. The lowest BCUT2D eigenvalue weighted by Crippen LogP contribution is -2.39. The lowest BCUT2D eigenvalue weighted by atomic mass is 9.97. The fraction of sp³-hybridized carbons (Fsp3) is 1.00. The second kappa shape index (κ2) is 8.39. The van der Waals surface area contributed by atoms with Crippen LogP contribution in [0.5, 0.6) is 0 Å². The topological polar surface area (TPSA) is 47.5 Å². The van der Waals surface area contributed by atoms with Gasteiger partial charge in [0.05, 0.1) is 0 Å². The molecule has 0 spiro atoms. The van der Waals surface area contributed by atoms with Crippen LogP contribution in [0.25, 0.3) is 0 Å². The molecule has 1 atom stereocenters. The van der Waals surface area contributed by atoms with E-state index in [-0.39, 0.29) is 0 Å². The average Bonchev–Trinajstić information content (AvgIpc) is 2.31. The summed E-state index contributed by atoms with van der Waals surface area (Å²) in [6.07, 6.45) is 2.61. The molecule has 5 heteroatoms. The van der Waals surface area contributed by atoms with Gasteiger partial charge in [-0.1, -0.05) is 13.8 Å². The largest absolute Gasteiger partial charge is 0.359 e. The first-order valence-corrected chi connectivity index (χ1v) is 8.08. The van der Waals surface area contributed by atoms with Gasteiger partial charge in [-0.15, -0.1) is 0 Å². The van der Waals surface area contributed by atoms with Gasteiger partial charge in [0, 0.05) is 18.7 Å². The number of rotatable bonds is 7. The van der Waals surface area contributed by atoms with Crippen LogP contribution < -0.4 is 10.4 Å². The maximum atomic E-state index is 9.69. The van der Waals surface area contributed by atoms with Crippen molar-refractivity contribution in [1.29, 1.82) is 0 Å². The summed E-state index contributed by atoms with van der Waals surface area (Å²) in [6.45, 7) is 9.67. The Labute approximate surface area is 107 Å². The van der Waals surface area contributed by atoms with E-state index in [1.165, 1.54) is 25.9 Å². The Bertz CT molecular complexity index is 196. The SMILES string of the molecule is CNCC1CCN(CCNP(O)C(C)C)CC1. The fourth-order valence-electron chi connectivity index (χ4n) is 2.21. The molecule has 0 saturated carbocycles. The van der Waals surface area contributed by atoms with E-state index in [0.29, 0.717) is 5.66 Å². The quantitative estimate of drug-likeness (QED) is 0.603. The molecule has 0 bridgehead atoms. The molecule has 0 aromatic carbocycles. The molecule has 17 heavy (non-hydrogen) atoms. The van der Waals surface area contributed by atoms with Gasteiger partial charge in [0.25, 0.3) is 0 Å². The van der Waals surface area contributed by atoms with E-state index in [0.717, 1.165) is 25.6 Å². The van der Waals surface area contributed by atoms with Crippen LogP contribution >= 0.6 is 8.30 Å². The molecule has 0 radical (unpaired) electrons. The third-order valence-electron chi connectivity index (χ3n) is 3.39. The molecule has 3 N–H and O–H groups in total. The first-order chi connectivity index (χ1) is 8.13. The first kappa shape index (κ1) is 15.3. The summed E-state index contributed by atoms with van der Waals surface area (Å²) >= 11 is 0. The number of piperidine rings is 1. The Balaban J connectivity index is 2.06. The molecule has 4 nitrogen and oxygen atoms in total. The Morgan fingerprint density at radius 1 is 1.35 bits per heavy atom. The summed E-state index contributed by atoms with van der Waals surface area (Å²) in [5.74, 6) is 0.856. The van der Waals surface area contributed by atoms with E-state index in [9.17, 15) is 4.89 Å². The zero-order chi connectivity index (χ0) is 12.7. The molecule has 1 aliphatic rings. The molecule has 102 valence electrons. The van der Waals surface area contributed by atoms with Crippen molar-refractivity contribution in [3.8, 4) is 0 Å². The van der Waals surface area contributed by atoms with Crippen LogP contribution in [0.3, 0.4) is 0 Å². The van der Waals surface area contributed by atoms with Crippen LogP contribution in [0, 0.1) is 5.92 Å². The zero-order valence-corrected chi connectivity index (χ0v) is 12.3. The Kier molecular flexibility index (Phi) is 7.56. The Hall–Kier alpha value is 0.270. The van der Waals surface area contributed by atoms with Gasteiger partial charge in [-0.05, 0) is 45.4 Å². The van der Waals surface area contributed by atoms with Crippen molar-refractivity contribution < 1.29 is 4.89 Å². The molecule has 0 aromatic rings. The monoisotopic (exact) mass is 261 g/mol. The van der Waals surface area contributed by atoms with Crippen LogP contribution in [-0.2, 0) is 0 Å². The molecule has 1 saturated heterocycles. The lowest BCUT2D eigenvalue weighted by molar-refractivity contribution is 0.186. The van der Waals surface area contributed by atoms with Crippen LogP contribution in [0.4, 0.5) is 0 Å². The predicted octanol–water partition coefficient (Wildman–Crippen LogP) is 1.22. The smallest absolute Gasteiger partial charge is 0.100 e. The second-order valence-electron chi connectivity index (χ2n) is 5.19. The molecule has 1 fully saturated rings. The molecule has 1 heterocycles. The van der Waals surface area contributed by atoms with Crippen LogP contribution in [0.1, 0.15) is 26.7 Å². The maximum absolute atomic E-state index is 9.69. The predicted molar refractivity (Wildman–Crippen MR) is 75.4 cm³/mol. The Morgan fingerprint density at radius 3 is 2.53 bits per heavy atom. The second-order valence-corrected chi connectivity index (χ2v) is 7.23.